The highest BCUT2D eigenvalue weighted by atomic mass is 16.3. The molecule has 1 aliphatic carbocycles. The van der Waals surface area contributed by atoms with Gasteiger partial charge in [-0.3, -0.25) is 9.59 Å². The second-order valence-corrected chi connectivity index (χ2v) is 7.15. The van der Waals surface area contributed by atoms with E-state index in [1.54, 1.807) is 0 Å². The first-order valence-corrected chi connectivity index (χ1v) is 8.65. The second kappa shape index (κ2) is 8.05. The molecule has 126 valence electrons. The number of rotatable bonds is 6. The summed E-state index contributed by atoms with van der Waals surface area (Å²) >= 11 is 0. The minimum absolute atomic E-state index is 0.0405. The van der Waals surface area contributed by atoms with Gasteiger partial charge >= 0.3 is 0 Å². The molecule has 1 N–H and O–H groups in total. The molecule has 0 aliphatic heterocycles. The van der Waals surface area contributed by atoms with Crippen LogP contribution in [0, 0.1) is 29.6 Å². The molecule has 0 aromatic rings. The van der Waals surface area contributed by atoms with Crippen molar-refractivity contribution in [1.82, 2.24) is 0 Å². The average Bonchev–Trinajstić information content (AvgIpc) is 2.46. The van der Waals surface area contributed by atoms with Gasteiger partial charge in [-0.05, 0) is 38.5 Å². The Morgan fingerprint density at radius 3 is 2.27 bits per heavy atom. The maximum atomic E-state index is 12.7. The van der Waals surface area contributed by atoms with E-state index in [4.69, 9.17) is 0 Å². The summed E-state index contributed by atoms with van der Waals surface area (Å²) in [5, 5.41) is 10.6. The Kier molecular flexibility index (Phi) is 6.98. The first-order valence-electron chi connectivity index (χ1n) is 8.65. The van der Waals surface area contributed by atoms with Crippen LogP contribution in [-0.4, -0.2) is 22.8 Å². The molecule has 0 heterocycles. The molecule has 0 bridgehead atoms. The van der Waals surface area contributed by atoms with E-state index in [9.17, 15) is 14.7 Å². The molecule has 6 atom stereocenters. The number of carbonyl (C=O) groups is 2. The van der Waals surface area contributed by atoms with Gasteiger partial charge in [0.25, 0.3) is 0 Å². The van der Waals surface area contributed by atoms with Crippen LogP contribution in [0.1, 0.15) is 60.8 Å². The molecule has 1 aliphatic rings. The summed E-state index contributed by atoms with van der Waals surface area (Å²) in [4.78, 5) is 25.4. The molecule has 22 heavy (non-hydrogen) atoms. The zero-order valence-corrected chi connectivity index (χ0v) is 14.9. The van der Waals surface area contributed by atoms with Crippen molar-refractivity contribution in [2.45, 2.75) is 66.9 Å². The van der Waals surface area contributed by atoms with Crippen molar-refractivity contribution in [3.63, 3.8) is 0 Å². The lowest BCUT2D eigenvalue weighted by Crippen LogP contribution is -2.51. The summed E-state index contributed by atoms with van der Waals surface area (Å²) in [5.74, 6) is -1.08. The van der Waals surface area contributed by atoms with Gasteiger partial charge in [0.2, 0.25) is 0 Å². The van der Waals surface area contributed by atoms with Crippen LogP contribution in [0.4, 0.5) is 0 Å². The molecule has 0 spiro atoms. The minimum Gasteiger partial charge on any atom is -0.392 e. The third-order valence-corrected chi connectivity index (χ3v) is 5.37. The smallest absolute Gasteiger partial charge is 0.149 e. The Bertz CT molecular complexity index is 434. The zero-order valence-electron chi connectivity index (χ0n) is 14.9. The van der Waals surface area contributed by atoms with Gasteiger partial charge in [-0.1, -0.05) is 45.8 Å². The molecule has 0 radical (unpaired) electrons. The third kappa shape index (κ3) is 3.87. The van der Waals surface area contributed by atoms with Crippen LogP contribution >= 0.6 is 0 Å². The highest BCUT2D eigenvalue weighted by molar-refractivity contribution is 6.07. The first kappa shape index (κ1) is 19.1. The van der Waals surface area contributed by atoms with Gasteiger partial charge in [-0.25, -0.2) is 0 Å². The number of hydrogen-bond acceptors (Lipinski definition) is 3. The molecule has 1 rings (SSSR count). The molecule has 3 nitrogen and oxygen atoms in total. The fraction of sp³-hybridized carbons (Fsp3) is 0.789. The topological polar surface area (TPSA) is 54.4 Å². The largest absolute Gasteiger partial charge is 0.392 e. The number of ketones is 2. The van der Waals surface area contributed by atoms with Gasteiger partial charge in [-0.2, -0.15) is 0 Å². The van der Waals surface area contributed by atoms with E-state index in [0.29, 0.717) is 12.8 Å². The SMILES string of the molecule is CCC1C(=O)C(CC=C(C)C)C(C)C(C(O)C(C)CC)C1=O. The Balaban J connectivity index is 3.12. The predicted molar refractivity (Wildman–Crippen MR) is 89.4 cm³/mol. The lowest BCUT2D eigenvalue weighted by atomic mass is 9.62. The second-order valence-electron chi connectivity index (χ2n) is 7.15. The van der Waals surface area contributed by atoms with Gasteiger partial charge in [0, 0.05) is 11.8 Å². The van der Waals surface area contributed by atoms with Gasteiger partial charge in [0.15, 0.2) is 0 Å². The van der Waals surface area contributed by atoms with Crippen LogP contribution in [0.25, 0.3) is 0 Å². The monoisotopic (exact) mass is 308 g/mol. The summed E-state index contributed by atoms with van der Waals surface area (Å²) in [6.45, 7) is 11.9. The molecular weight excluding hydrogens is 276 g/mol. The quantitative estimate of drug-likeness (QED) is 0.600. The lowest BCUT2D eigenvalue weighted by Gasteiger charge is -2.41. The fourth-order valence-corrected chi connectivity index (χ4v) is 3.57. The van der Waals surface area contributed by atoms with E-state index >= 15 is 0 Å². The maximum Gasteiger partial charge on any atom is 0.149 e. The Labute approximate surface area is 135 Å². The average molecular weight is 308 g/mol. The highest BCUT2D eigenvalue weighted by Gasteiger charge is 2.49. The van der Waals surface area contributed by atoms with Gasteiger partial charge < -0.3 is 5.11 Å². The number of aliphatic hydroxyl groups excluding tert-OH is 1. The number of aliphatic hydroxyl groups is 1. The molecule has 1 saturated carbocycles. The van der Waals surface area contributed by atoms with Crippen molar-refractivity contribution in [2.75, 3.05) is 0 Å². The summed E-state index contributed by atoms with van der Waals surface area (Å²) in [7, 11) is 0. The minimum atomic E-state index is -0.649. The van der Waals surface area contributed by atoms with Crippen LogP contribution in [0.3, 0.4) is 0 Å². The standard InChI is InChI=1S/C19H32O3/c1-7-12(5)17(20)16-13(6)15(10-9-11(3)4)18(21)14(8-2)19(16)22/h9,12-17,20H,7-8,10H2,1-6H3. The lowest BCUT2D eigenvalue weighted by molar-refractivity contribution is -0.151. The fourth-order valence-electron chi connectivity index (χ4n) is 3.57. The first-order chi connectivity index (χ1) is 10.3. The van der Waals surface area contributed by atoms with Gasteiger partial charge in [-0.15, -0.1) is 0 Å². The molecule has 0 saturated heterocycles. The number of Topliss-reactive ketones (excluding diaryl/α,β-unsaturated/α-hetero) is 2. The van der Waals surface area contributed by atoms with Crippen LogP contribution in [-0.2, 0) is 9.59 Å². The van der Waals surface area contributed by atoms with Crippen molar-refractivity contribution in [3.05, 3.63) is 11.6 Å². The Morgan fingerprint density at radius 1 is 1.23 bits per heavy atom. The maximum absolute atomic E-state index is 12.7. The zero-order chi connectivity index (χ0) is 17.0. The molecular formula is C19H32O3. The number of carbonyl (C=O) groups excluding carboxylic acids is 2. The number of allylic oxidation sites excluding steroid dienone is 2. The summed E-state index contributed by atoms with van der Waals surface area (Å²) in [5.41, 5.74) is 1.18. The molecule has 0 aromatic carbocycles. The molecule has 3 heteroatoms. The van der Waals surface area contributed by atoms with Crippen LogP contribution in [0.2, 0.25) is 0 Å². The van der Waals surface area contributed by atoms with E-state index in [0.717, 1.165) is 6.42 Å². The van der Waals surface area contributed by atoms with Crippen LogP contribution in [0.15, 0.2) is 11.6 Å². The molecule has 0 aromatic heterocycles. The molecule has 1 fully saturated rings. The van der Waals surface area contributed by atoms with Crippen molar-refractivity contribution in [3.8, 4) is 0 Å². The van der Waals surface area contributed by atoms with E-state index in [1.807, 2.05) is 41.5 Å². The third-order valence-electron chi connectivity index (χ3n) is 5.37. The van der Waals surface area contributed by atoms with Crippen molar-refractivity contribution in [2.24, 2.45) is 29.6 Å². The Hall–Kier alpha value is -0.960. The normalized spacial score (nSPS) is 31.8. The van der Waals surface area contributed by atoms with E-state index in [-0.39, 0.29) is 29.3 Å². The Morgan fingerprint density at radius 2 is 1.82 bits per heavy atom. The predicted octanol–water partition coefficient (Wildman–Crippen LogP) is 3.80. The van der Waals surface area contributed by atoms with Gasteiger partial charge in [0.1, 0.15) is 11.6 Å². The van der Waals surface area contributed by atoms with Crippen molar-refractivity contribution in [1.29, 1.82) is 0 Å². The van der Waals surface area contributed by atoms with E-state index in [2.05, 4.69) is 6.08 Å². The summed E-state index contributed by atoms with van der Waals surface area (Å²) in [6, 6.07) is 0. The van der Waals surface area contributed by atoms with Crippen molar-refractivity contribution < 1.29 is 14.7 Å². The molecule has 0 amide bonds. The highest BCUT2D eigenvalue weighted by Crippen LogP contribution is 2.40. The van der Waals surface area contributed by atoms with E-state index in [1.165, 1.54) is 5.57 Å². The number of hydrogen-bond donors (Lipinski definition) is 1. The van der Waals surface area contributed by atoms with E-state index < -0.39 is 17.9 Å². The summed E-state index contributed by atoms with van der Waals surface area (Å²) < 4.78 is 0. The molecule has 6 unspecified atom stereocenters. The van der Waals surface area contributed by atoms with Crippen LogP contribution in [0.5, 0.6) is 0 Å². The van der Waals surface area contributed by atoms with Gasteiger partial charge in [0.05, 0.1) is 12.0 Å². The summed E-state index contributed by atoms with van der Waals surface area (Å²) in [6.07, 6.45) is 3.48. The van der Waals surface area contributed by atoms with Crippen LogP contribution < -0.4 is 0 Å². The van der Waals surface area contributed by atoms with Crippen molar-refractivity contribution >= 4 is 11.6 Å².